The molecule has 0 saturated carbocycles. The lowest BCUT2D eigenvalue weighted by Gasteiger charge is -2.23. The molecule has 0 aliphatic heterocycles. The minimum atomic E-state index is -1.29. The molecular formula is C38H32ClF2N5O2. The van der Waals surface area contributed by atoms with Crippen LogP contribution in [0.1, 0.15) is 42.4 Å². The number of nitrogens with one attached hydrogen (secondary N) is 1. The van der Waals surface area contributed by atoms with E-state index in [-0.39, 0.29) is 24.6 Å². The third-order valence-electron chi connectivity index (χ3n) is 7.88. The molecule has 0 fully saturated rings. The summed E-state index contributed by atoms with van der Waals surface area (Å²) in [6.07, 6.45) is 0.0562. The highest BCUT2D eigenvalue weighted by Gasteiger charge is 2.25. The second kappa shape index (κ2) is 13.1. The number of carbonyl (C=O) groups excluding carboxylic acids is 1. The van der Waals surface area contributed by atoms with E-state index in [2.05, 4.69) is 22.3 Å². The summed E-state index contributed by atoms with van der Waals surface area (Å²) in [5, 5.41) is 20.8. The van der Waals surface area contributed by atoms with Crippen LogP contribution in [0, 0.1) is 23.5 Å². The van der Waals surface area contributed by atoms with Crippen LogP contribution < -0.4 is 11.1 Å². The molecule has 4 N–H and O–H groups in total. The number of rotatable bonds is 7. The van der Waals surface area contributed by atoms with Gasteiger partial charge in [0.25, 0.3) is 0 Å². The van der Waals surface area contributed by atoms with E-state index < -0.39 is 23.3 Å². The van der Waals surface area contributed by atoms with Gasteiger partial charge in [-0.15, -0.1) is 0 Å². The fraction of sp³-hybridized carbons (Fsp3) is 0.184. The number of halogens is 3. The molecule has 48 heavy (non-hydrogen) atoms. The van der Waals surface area contributed by atoms with E-state index >= 15 is 0 Å². The smallest absolute Gasteiger partial charge is 0.224 e. The van der Waals surface area contributed by atoms with Gasteiger partial charge in [0.1, 0.15) is 22.9 Å². The first-order chi connectivity index (χ1) is 22.8. The Bertz CT molecular complexity index is 2250. The van der Waals surface area contributed by atoms with E-state index in [1.807, 2.05) is 48.5 Å². The molecule has 1 amide bonds. The Morgan fingerprint density at radius 2 is 1.69 bits per heavy atom. The highest BCUT2D eigenvalue weighted by atomic mass is 35.5. The van der Waals surface area contributed by atoms with Crippen LogP contribution in [-0.4, -0.2) is 31.4 Å². The average molecular weight is 664 g/mol. The number of aryl methyl sites for hydroxylation is 1. The van der Waals surface area contributed by atoms with Gasteiger partial charge in [0.2, 0.25) is 5.91 Å². The maximum absolute atomic E-state index is 14.4. The third kappa shape index (κ3) is 7.15. The molecule has 6 aromatic rings. The van der Waals surface area contributed by atoms with E-state index in [4.69, 9.17) is 22.3 Å². The number of amides is 1. The van der Waals surface area contributed by atoms with Crippen LogP contribution in [0.2, 0.25) is 5.02 Å². The van der Waals surface area contributed by atoms with E-state index in [1.54, 1.807) is 43.8 Å². The summed E-state index contributed by atoms with van der Waals surface area (Å²) in [5.41, 5.74) is 8.67. The van der Waals surface area contributed by atoms with E-state index in [9.17, 15) is 18.7 Å². The number of hydrogen-bond donors (Lipinski definition) is 3. The topological polar surface area (TPSA) is 106 Å². The Kier molecular flexibility index (Phi) is 8.89. The molecule has 2 aromatic heterocycles. The normalized spacial score (nSPS) is 12.1. The molecule has 0 aliphatic rings. The van der Waals surface area contributed by atoms with Crippen molar-refractivity contribution in [2.45, 2.75) is 38.3 Å². The number of nitrogens with two attached hydrogens (primary N) is 1. The zero-order valence-corrected chi connectivity index (χ0v) is 27.2. The second-order valence-electron chi connectivity index (χ2n) is 12.2. The number of aliphatic hydroxyl groups is 1. The van der Waals surface area contributed by atoms with Crippen LogP contribution in [0.4, 0.5) is 14.6 Å². The number of nitrogen functional groups attached to an aromatic ring is 1. The quantitative estimate of drug-likeness (QED) is 0.159. The van der Waals surface area contributed by atoms with E-state index in [0.29, 0.717) is 44.0 Å². The van der Waals surface area contributed by atoms with Gasteiger partial charge >= 0.3 is 0 Å². The number of anilines is 1. The number of pyridine rings is 1. The number of nitrogens with zero attached hydrogens (tertiary/aromatic N) is 3. The maximum atomic E-state index is 14.4. The lowest BCUT2D eigenvalue weighted by atomic mass is 9.93. The number of benzene rings is 4. The zero-order chi connectivity index (χ0) is 34.2. The molecule has 0 bridgehead atoms. The van der Waals surface area contributed by atoms with Gasteiger partial charge in [0.15, 0.2) is 5.82 Å². The van der Waals surface area contributed by atoms with Crippen LogP contribution in [0.5, 0.6) is 0 Å². The highest BCUT2D eigenvalue weighted by molar-refractivity contribution is 6.37. The van der Waals surface area contributed by atoms with Crippen molar-refractivity contribution in [2.24, 2.45) is 7.05 Å². The number of carbonyl (C=O) groups is 1. The second-order valence-corrected chi connectivity index (χ2v) is 12.6. The number of hydrogen-bond acceptors (Lipinski definition) is 5. The Balaban J connectivity index is 1.50. The van der Waals surface area contributed by atoms with Crippen LogP contribution in [-0.2, 0) is 24.7 Å². The molecule has 0 radical (unpaired) electrons. The molecular weight excluding hydrogens is 632 g/mol. The zero-order valence-electron chi connectivity index (χ0n) is 26.5. The third-order valence-corrected chi connectivity index (χ3v) is 8.20. The Morgan fingerprint density at radius 3 is 2.42 bits per heavy atom. The average Bonchev–Trinajstić information content (AvgIpc) is 3.33. The van der Waals surface area contributed by atoms with Crippen LogP contribution >= 0.6 is 11.6 Å². The SMILES string of the molecule is Cn1nc(N)c2c(Cl)ccc(-c3ccc(C#CC(C)(C)O)nc3C(Cc3cc(F)cc(F)c3)NC(=O)Cc3ccc4ccccc4c3)c21. The first-order valence-electron chi connectivity index (χ1n) is 15.2. The molecule has 0 spiro atoms. The van der Waals surface area contributed by atoms with Gasteiger partial charge in [0.05, 0.1) is 34.1 Å². The molecule has 7 nitrogen and oxygen atoms in total. The fourth-order valence-corrected chi connectivity index (χ4v) is 6.09. The van der Waals surface area contributed by atoms with Crippen LogP contribution in [0.25, 0.3) is 32.8 Å². The van der Waals surface area contributed by atoms with Crippen molar-refractivity contribution < 1.29 is 18.7 Å². The summed E-state index contributed by atoms with van der Waals surface area (Å²) >= 11 is 6.55. The summed E-state index contributed by atoms with van der Waals surface area (Å²) in [6, 6.07) is 23.1. The summed E-state index contributed by atoms with van der Waals surface area (Å²) in [6.45, 7) is 3.11. The molecule has 4 aromatic carbocycles. The highest BCUT2D eigenvalue weighted by Crippen LogP contribution is 2.39. The van der Waals surface area contributed by atoms with Crippen LogP contribution in [0.3, 0.4) is 0 Å². The standard InChI is InChI=1S/C38H32ClF2N5O2/c1-38(2,48)15-14-28-10-11-29(30-12-13-31(39)34-36(30)46(3)45-37(34)42)35(43-28)32(19-23-17-26(40)21-27(41)18-23)44-33(47)20-22-8-9-24-6-4-5-7-25(24)16-22/h4-13,16-18,21,32,48H,19-20H2,1-3H3,(H2,42,45)(H,44,47). The predicted molar refractivity (Wildman–Crippen MR) is 185 cm³/mol. The van der Waals surface area contributed by atoms with Crippen molar-refractivity contribution >= 4 is 45.0 Å². The lowest BCUT2D eigenvalue weighted by Crippen LogP contribution is -2.32. The van der Waals surface area contributed by atoms with Crippen molar-refractivity contribution in [1.82, 2.24) is 20.1 Å². The molecule has 0 saturated heterocycles. The van der Waals surface area contributed by atoms with Gasteiger partial charge in [-0.25, -0.2) is 13.8 Å². The monoisotopic (exact) mass is 663 g/mol. The first kappa shape index (κ1) is 32.6. The van der Waals surface area contributed by atoms with Crippen molar-refractivity contribution in [3.05, 3.63) is 124 Å². The Morgan fingerprint density at radius 1 is 0.979 bits per heavy atom. The number of fused-ring (bicyclic) bond motifs is 2. The summed E-state index contributed by atoms with van der Waals surface area (Å²) in [7, 11) is 1.74. The van der Waals surface area contributed by atoms with Gasteiger partial charge in [-0.2, -0.15) is 5.10 Å². The maximum Gasteiger partial charge on any atom is 0.224 e. The first-order valence-corrected chi connectivity index (χ1v) is 15.6. The fourth-order valence-electron chi connectivity index (χ4n) is 5.84. The molecule has 0 aliphatic carbocycles. The van der Waals surface area contributed by atoms with Crippen molar-refractivity contribution in [2.75, 3.05) is 5.73 Å². The van der Waals surface area contributed by atoms with Crippen molar-refractivity contribution in [3.8, 4) is 23.0 Å². The molecule has 242 valence electrons. The Hall–Kier alpha value is -5.30. The Labute approximate surface area is 281 Å². The van der Waals surface area contributed by atoms with Crippen molar-refractivity contribution in [1.29, 1.82) is 0 Å². The van der Waals surface area contributed by atoms with Gasteiger partial charge in [-0.05, 0) is 78.4 Å². The summed E-state index contributed by atoms with van der Waals surface area (Å²) < 4.78 is 30.5. The summed E-state index contributed by atoms with van der Waals surface area (Å²) in [5.74, 6) is 4.13. The van der Waals surface area contributed by atoms with Gasteiger partial charge in [-0.1, -0.05) is 66.1 Å². The van der Waals surface area contributed by atoms with E-state index in [0.717, 1.165) is 22.4 Å². The van der Waals surface area contributed by atoms with Gasteiger partial charge in [-0.3, -0.25) is 9.48 Å². The lowest BCUT2D eigenvalue weighted by molar-refractivity contribution is -0.121. The molecule has 1 unspecified atom stereocenters. The van der Waals surface area contributed by atoms with E-state index in [1.165, 1.54) is 12.1 Å². The molecule has 10 heteroatoms. The largest absolute Gasteiger partial charge is 0.382 e. The molecule has 2 heterocycles. The summed E-state index contributed by atoms with van der Waals surface area (Å²) in [4.78, 5) is 18.6. The van der Waals surface area contributed by atoms with Crippen molar-refractivity contribution in [3.63, 3.8) is 0 Å². The van der Waals surface area contributed by atoms with Gasteiger partial charge in [0, 0.05) is 24.2 Å². The molecule has 6 rings (SSSR count). The minimum absolute atomic E-state index is 0.00474. The van der Waals surface area contributed by atoms with Gasteiger partial charge < -0.3 is 16.2 Å². The number of aromatic nitrogens is 3. The minimum Gasteiger partial charge on any atom is -0.382 e. The van der Waals surface area contributed by atoms with Crippen LogP contribution in [0.15, 0.2) is 84.9 Å². The molecule has 1 atom stereocenters. The predicted octanol–water partition coefficient (Wildman–Crippen LogP) is 7.07.